The molecule has 0 aliphatic heterocycles. The van der Waals surface area contributed by atoms with Gasteiger partial charge in [-0.1, -0.05) is 36.8 Å². The summed E-state index contributed by atoms with van der Waals surface area (Å²) >= 11 is 0. The molecule has 0 spiro atoms. The lowest BCUT2D eigenvalue weighted by Gasteiger charge is -2.12. The molecule has 1 aromatic rings. The third-order valence-electron chi connectivity index (χ3n) is 2.93. The molecule has 2 nitrogen and oxygen atoms in total. The van der Waals surface area contributed by atoms with Crippen molar-refractivity contribution < 1.29 is 4.21 Å². The summed E-state index contributed by atoms with van der Waals surface area (Å²) in [6.07, 6.45) is 2.13. The molecular weight excluding hydrogens is 242 g/mol. The number of rotatable bonds is 8. The minimum Gasteiger partial charge on any atom is -0.314 e. The van der Waals surface area contributed by atoms with E-state index in [1.165, 1.54) is 11.1 Å². The Hall–Kier alpha value is -0.670. The first-order chi connectivity index (χ1) is 8.61. The van der Waals surface area contributed by atoms with Crippen molar-refractivity contribution in [2.24, 2.45) is 0 Å². The SMILES string of the molecule is CCCNC(C)CCS(=O)Cc1cccc(C)c1. The van der Waals surface area contributed by atoms with Crippen LogP contribution in [-0.4, -0.2) is 22.5 Å². The van der Waals surface area contributed by atoms with Crippen LogP contribution in [0.5, 0.6) is 0 Å². The molecule has 0 bridgehead atoms. The summed E-state index contributed by atoms with van der Waals surface area (Å²) < 4.78 is 12.0. The molecule has 2 unspecified atom stereocenters. The molecule has 1 N–H and O–H groups in total. The van der Waals surface area contributed by atoms with Crippen molar-refractivity contribution in [3.63, 3.8) is 0 Å². The monoisotopic (exact) mass is 267 g/mol. The van der Waals surface area contributed by atoms with Gasteiger partial charge in [-0.2, -0.15) is 0 Å². The molecule has 0 radical (unpaired) electrons. The maximum absolute atomic E-state index is 12.0. The van der Waals surface area contributed by atoms with Crippen molar-refractivity contribution in [3.8, 4) is 0 Å². The molecule has 0 aliphatic carbocycles. The lowest BCUT2D eigenvalue weighted by atomic mass is 10.2. The summed E-state index contributed by atoms with van der Waals surface area (Å²) in [5.41, 5.74) is 2.42. The summed E-state index contributed by atoms with van der Waals surface area (Å²) in [7, 11) is -0.745. The lowest BCUT2D eigenvalue weighted by molar-refractivity contribution is 0.533. The molecule has 1 aromatic carbocycles. The van der Waals surface area contributed by atoms with Crippen molar-refractivity contribution in [3.05, 3.63) is 35.4 Å². The molecule has 0 heterocycles. The predicted octanol–water partition coefficient (Wildman–Crippen LogP) is 3.02. The smallest absolute Gasteiger partial charge is 0.0485 e. The average molecular weight is 267 g/mol. The molecule has 0 aliphatic rings. The van der Waals surface area contributed by atoms with Gasteiger partial charge in [0.05, 0.1) is 0 Å². The van der Waals surface area contributed by atoms with E-state index in [9.17, 15) is 4.21 Å². The maximum atomic E-state index is 12.0. The Kier molecular flexibility index (Phi) is 7.21. The summed E-state index contributed by atoms with van der Waals surface area (Å²) in [5, 5.41) is 3.43. The van der Waals surface area contributed by atoms with Crippen LogP contribution in [0.15, 0.2) is 24.3 Å². The van der Waals surface area contributed by atoms with Gasteiger partial charge in [-0.15, -0.1) is 0 Å². The number of hydrogen-bond donors (Lipinski definition) is 1. The van der Waals surface area contributed by atoms with Gasteiger partial charge in [-0.3, -0.25) is 4.21 Å². The predicted molar refractivity (Wildman–Crippen MR) is 80.3 cm³/mol. The van der Waals surface area contributed by atoms with Gasteiger partial charge in [0.2, 0.25) is 0 Å². The number of hydrogen-bond acceptors (Lipinski definition) is 2. The van der Waals surface area contributed by atoms with Crippen LogP contribution >= 0.6 is 0 Å². The first kappa shape index (κ1) is 15.4. The number of nitrogens with one attached hydrogen (secondary N) is 1. The van der Waals surface area contributed by atoms with Gasteiger partial charge in [0, 0.05) is 28.3 Å². The average Bonchev–Trinajstić information content (AvgIpc) is 2.34. The minimum atomic E-state index is -0.745. The highest BCUT2D eigenvalue weighted by molar-refractivity contribution is 7.84. The second-order valence-corrected chi connectivity index (χ2v) is 6.50. The van der Waals surface area contributed by atoms with E-state index in [0.29, 0.717) is 11.8 Å². The van der Waals surface area contributed by atoms with E-state index in [1.54, 1.807) is 0 Å². The van der Waals surface area contributed by atoms with Crippen LogP contribution in [-0.2, 0) is 16.6 Å². The van der Waals surface area contributed by atoms with Crippen LogP contribution in [0.1, 0.15) is 37.8 Å². The Morgan fingerprint density at radius 1 is 1.39 bits per heavy atom. The van der Waals surface area contributed by atoms with Crippen LogP contribution < -0.4 is 5.32 Å². The normalized spacial score (nSPS) is 14.4. The number of aryl methyl sites for hydroxylation is 1. The molecule has 18 heavy (non-hydrogen) atoms. The van der Waals surface area contributed by atoms with Gasteiger partial charge < -0.3 is 5.32 Å². The zero-order valence-electron chi connectivity index (χ0n) is 11.7. The molecule has 102 valence electrons. The van der Waals surface area contributed by atoms with Gasteiger partial charge in [0.15, 0.2) is 0 Å². The Bertz CT molecular complexity index is 379. The van der Waals surface area contributed by atoms with Gasteiger partial charge >= 0.3 is 0 Å². The van der Waals surface area contributed by atoms with E-state index in [-0.39, 0.29) is 0 Å². The second kappa shape index (κ2) is 8.44. The summed E-state index contributed by atoms with van der Waals surface area (Å²) in [6.45, 7) is 7.45. The van der Waals surface area contributed by atoms with E-state index in [4.69, 9.17) is 0 Å². The molecule has 0 aromatic heterocycles. The highest BCUT2D eigenvalue weighted by Gasteiger charge is 2.06. The highest BCUT2D eigenvalue weighted by atomic mass is 32.2. The molecule has 0 amide bonds. The van der Waals surface area contributed by atoms with Crippen molar-refractivity contribution in [2.45, 2.75) is 45.4 Å². The second-order valence-electron chi connectivity index (χ2n) is 4.92. The molecule has 0 fully saturated rings. The van der Waals surface area contributed by atoms with E-state index in [1.807, 2.05) is 6.07 Å². The van der Waals surface area contributed by atoms with Crippen molar-refractivity contribution in [1.29, 1.82) is 0 Å². The van der Waals surface area contributed by atoms with Crippen LogP contribution in [0.25, 0.3) is 0 Å². The quantitative estimate of drug-likeness (QED) is 0.784. The Labute approximate surface area is 114 Å². The standard InChI is InChI=1S/C15H25NOS/c1-4-9-16-14(3)8-10-18(17)12-15-7-5-6-13(2)11-15/h5-7,11,14,16H,4,8-10,12H2,1-3H3. The van der Waals surface area contributed by atoms with Gasteiger partial charge in [0.25, 0.3) is 0 Å². The number of benzene rings is 1. The zero-order chi connectivity index (χ0) is 13.4. The summed E-state index contributed by atoms with van der Waals surface area (Å²) in [6, 6.07) is 8.75. The first-order valence-electron chi connectivity index (χ1n) is 6.75. The fourth-order valence-corrected chi connectivity index (χ4v) is 3.17. The van der Waals surface area contributed by atoms with Crippen molar-refractivity contribution >= 4 is 10.8 Å². The third-order valence-corrected chi connectivity index (χ3v) is 4.28. The fraction of sp³-hybridized carbons (Fsp3) is 0.600. The molecule has 1 rings (SSSR count). The third kappa shape index (κ3) is 6.31. The van der Waals surface area contributed by atoms with E-state index in [2.05, 4.69) is 44.3 Å². The Morgan fingerprint density at radius 3 is 2.83 bits per heavy atom. The lowest BCUT2D eigenvalue weighted by Crippen LogP contribution is -2.28. The summed E-state index contributed by atoms with van der Waals surface area (Å²) in [4.78, 5) is 0. The van der Waals surface area contributed by atoms with Gasteiger partial charge in [-0.05, 0) is 38.8 Å². The maximum Gasteiger partial charge on any atom is 0.0485 e. The van der Waals surface area contributed by atoms with Crippen molar-refractivity contribution in [1.82, 2.24) is 5.32 Å². The topological polar surface area (TPSA) is 29.1 Å². The van der Waals surface area contributed by atoms with Crippen molar-refractivity contribution in [2.75, 3.05) is 12.3 Å². The highest BCUT2D eigenvalue weighted by Crippen LogP contribution is 2.08. The minimum absolute atomic E-state index is 0.464. The Balaban J connectivity index is 2.29. The fourth-order valence-electron chi connectivity index (χ4n) is 1.86. The molecule has 0 saturated heterocycles. The Morgan fingerprint density at radius 2 is 2.17 bits per heavy atom. The summed E-state index contributed by atoms with van der Waals surface area (Å²) in [5.74, 6) is 1.47. The zero-order valence-corrected chi connectivity index (χ0v) is 12.6. The van der Waals surface area contributed by atoms with E-state index in [0.717, 1.165) is 25.1 Å². The largest absolute Gasteiger partial charge is 0.314 e. The van der Waals surface area contributed by atoms with Crippen LogP contribution in [0, 0.1) is 6.92 Å². The molecule has 3 heteroatoms. The van der Waals surface area contributed by atoms with Crippen LogP contribution in [0.3, 0.4) is 0 Å². The molecular formula is C15H25NOS. The van der Waals surface area contributed by atoms with Gasteiger partial charge in [-0.25, -0.2) is 0 Å². The molecule has 0 saturated carbocycles. The van der Waals surface area contributed by atoms with E-state index >= 15 is 0 Å². The molecule has 2 atom stereocenters. The van der Waals surface area contributed by atoms with E-state index < -0.39 is 10.8 Å². The van der Waals surface area contributed by atoms with Crippen LogP contribution in [0.4, 0.5) is 0 Å². The van der Waals surface area contributed by atoms with Crippen LogP contribution in [0.2, 0.25) is 0 Å². The van der Waals surface area contributed by atoms with Gasteiger partial charge in [0.1, 0.15) is 0 Å². The first-order valence-corrected chi connectivity index (χ1v) is 8.24.